The number of likely N-dealkylation sites (tertiary alicyclic amines) is 1. The molecule has 3 nitrogen and oxygen atoms in total. The van der Waals surface area contributed by atoms with Crippen LogP contribution in [0.25, 0.3) is 5.57 Å². The van der Waals surface area contributed by atoms with E-state index in [0.29, 0.717) is 12.3 Å². The van der Waals surface area contributed by atoms with Gasteiger partial charge in [-0.05, 0) is 73.7 Å². The molecule has 2 aliphatic rings. The highest BCUT2D eigenvalue weighted by molar-refractivity contribution is 6.00. The van der Waals surface area contributed by atoms with E-state index in [1.165, 1.54) is 23.1 Å². The van der Waals surface area contributed by atoms with Gasteiger partial charge in [0.1, 0.15) is 0 Å². The molecule has 0 aromatic heterocycles. The Kier molecular flexibility index (Phi) is 6.41. The molecule has 3 heteroatoms. The number of unbranched alkanes of at least 4 members (excludes halogenated alkanes) is 1. The molecule has 1 saturated heterocycles. The van der Waals surface area contributed by atoms with E-state index in [-0.39, 0.29) is 5.91 Å². The van der Waals surface area contributed by atoms with Gasteiger partial charge in [-0.1, -0.05) is 66.2 Å². The van der Waals surface area contributed by atoms with E-state index in [4.69, 9.17) is 0 Å². The van der Waals surface area contributed by atoms with Gasteiger partial charge < -0.3 is 4.90 Å². The van der Waals surface area contributed by atoms with Crippen LogP contribution in [0.3, 0.4) is 0 Å². The summed E-state index contributed by atoms with van der Waals surface area (Å²) in [4.78, 5) is 17.7. The van der Waals surface area contributed by atoms with Crippen LogP contribution >= 0.6 is 0 Å². The molecule has 33 heavy (non-hydrogen) atoms. The lowest BCUT2D eigenvalue weighted by Gasteiger charge is -2.33. The third-order valence-electron chi connectivity index (χ3n) is 7.17. The highest BCUT2D eigenvalue weighted by atomic mass is 16.2. The maximum absolute atomic E-state index is 13.2. The topological polar surface area (TPSA) is 23.6 Å². The van der Waals surface area contributed by atoms with Crippen molar-refractivity contribution >= 4 is 22.9 Å². The first-order valence-electron chi connectivity index (χ1n) is 12.2. The van der Waals surface area contributed by atoms with E-state index < -0.39 is 0 Å². The molecule has 0 saturated carbocycles. The number of hydrogen-bond acceptors (Lipinski definition) is 2. The van der Waals surface area contributed by atoms with E-state index in [0.717, 1.165) is 43.9 Å². The molecule has 1 unspecified atom stereocenters. The minimum Gasteiger partial charge on any atom is -0.302 e. The summed E-state index contributed by atoms with van der Waals surface area (Å²) < 4.78 is 0. The fourth-order valence-electron chi connectivity index (χ4n) is 5.48. The van der Waals surface area contributed by atoms with Gasteiger partial charge in [-0.25, -0.2) is 0 Å². The second-order valence-corrected chi connectivity index (χ2v) is 9.20. The number of amides is 1. The van der Waals surface area contributed by atoms with E-state index >= 15 is 0 Å². The minimum atomic E-state index is 0.164. The molecule has 0 radical (unpaired) electrons. The number of rotatable bonds is 7. The number of benzene rings is 3. The highest BCUT2D eigenvalue weighted by Gasteiger charge is 2.33. The monoisotopic (exact) mass is 436 g/mol. The maximum Gasteiger partial charge on any atom is 0.231 e. The molecule has 1 aliphatic heterocycles. The largest absolute Gasteiger partial charge is 0.302 e. The summed E-state index contributed by atoms with van der Waals surface area (Å²) in [6, 6.07) is 28.8. The third kappa shape index (κ3) is 4.51. The van der Waals surface area contributed by atoms with Crippen molar-refractivity contribution < 1.29 is 4.79 Å². The zero-order valence-corrected chi connectivity index (χ0v) is 19.4. The predicted molar refractivity (Wildman–Crippen MR) is 137 cm³/mol. The Hall–Kier alpha value is -3.17. The van der Waals surface area contributed by atoms with Crippen LogP contribution in [0.2, 0.25) is 0 Å². The number of nitrogens with zero attached hydrogens (tertiary/aromatic N) is 2. The van der Waals surface area contributed by atoms with Crippen LogP contribution in [-0.2, 0) is 4.79 Å². The fourth-order valence-corrected chi connectivity index (χ4v) is 5.48. The molecular formula is C30H32N2O. The predicted octanol–water partition coefficient (Wildman–Crippen LogP) is 6.80. The van der Waals surface area contributed by atoms with E-state index in [2.05, 4.69) is 36.1 Å². The van der Waals surface area contributed by atoms with Gasteiger partial charge in [0.25, 0.3) is 0 Å². The van der Waals surface area contributed by atoms with Crippen molar-refractivity contribution in [3.63, 3.8) is 0 Å². The summed E-state index contributed by atoms with van der Waals surface area (Å²) in [5.41, 5.74) is 7.96. The number of allylic oxidation sites excluding steroid dienone is 1. The van der Waals surface area contributed by atoms with Crippen LogP contribution in [0.15, 0.2) is 90.5 Å². The number of fused-ring (bicyclic) bond motifs is 3. The molecule has 3 aromatic rings. The average Bonchev–Trinajstić information content (AvgIpc) is 3.15. The zero-order chi connectivity index (χ0) is 22.6. The zero-order valence-electron chi connectivity index (χ0n) is 19.4. The Morgan fingerprint density at radius 1 is 0.879 bits per heavy atom. The van der Waals surface area contributed by atoms with E-state index in [1.54, 1.807) is 5.57 Å². The molecule has 5 rings (SSSR count). The van der Waals surface area contributed by atoms with Gasteiger partial charge in [0, 0.05) is 36.8 Å². The molecule has 3 aromatic carbocycles. The van der Waals surface area contributed by atoms with Crippen molar-refractivity contribution in [3.8, 4) is 0 Å². The van der Waals surface area contributed by atoms with Gasteiger partial charge >= 0.3 is 0 Å². The molecule has 1 fully saturated rings. The summed E-state index contributed by atoms with van der Waals surface area (Å²) >= 11 is 0. The Labute approximate surface area is 197 Å². The quantitative estimate of drug-likeness (QED) is 0.380. The maximum atomic E-state index is 13.2. The highest BCUT2D eigenvalue weighted by Crippen LogP contribution is 2.45. The Morgan fingerprint density at radius 2 is 1.52 bits per heavy atom. The Balaban J connectivity index is 1.17. The summed E-state index contributed by atoms with van der Waals surface area (Å²) in [5, 5.41) is 0. The standard InChI is InChI=1S/C30H32N2O/c1-23-26-16-8-9-17-28(26)29-22-31(21-19-27(23)29)20-11-10-18-30(33)32(24-12-4-2-5-13-24)25-14-6-3-7-15-25/h2-9,12-17,29H,10-11,18-22H2,1H3. The first kappa shape index (κ1) is 21.7. The molecule has 1 amide bonds. The van der Waals surface area contributed by atoms with E-state index in [9.17, 15) is 4.79 Å². The van der Waals surface area contributed by atoms with Crippen molar-refractivity contribution in [1.82, 2.24) is 4.90 Å². The lowest BCUT2D eigenvalue weighted by atomic mass is 9.89. The van der Waals surface area contributed by atoms with E-state index in [1.807, 2.05) is 65.6 Å². The summed E-state index contributed by atoms with van der Waals surface area (Å²) in [5.74, 6) is 0.722. The molecular weight excluding hydrogens is 404 g/mol. The van der Waals surface area contributed by atoms with Crippen molar-refractivity contribution in [3.05, 3.63) is 102 Å². The molecule has 1 aliphatic carbocycles. The molecule has 0 bridgehead atoms. The van der Waals surface area contributed by atoms with Crippen LogP contribution in [0, 0.1) is 0 Å². The number of piperidine rings is 1. The lowest BCUT2D eigenvalue weighted by Crippen LogP contribution is -2.35. The molecule has 0 N–H and O–H groups in total. The van der Waals surface area contributed by atoms with Gasteiger partial charge in [-0.2, -0.15) is 0 Å². The number of anilines is 2. The van der Waals surface area contributed by atoms with Crippen LogP contribution in [-0.4, -0.2) is 30.4 Å². The van der Waals surface area contributed by atoms with Gasteiger partial charge in [0.05, 0.1) is 0 Å². The second kappa shape index (κ2) is 9.76. The molecule has 0 spiro atoms. The van der Waals surface area contributed by atoms with Crippen molar-refractivity contribution in [2.45, 2.75) is 38.5 Å². The summed E-state index contributed by atoms with van der Waals surface area (Å²) in [7, 11) is 0. The summed E-state index contributed by atoms with van der Waals surface area (Å²) in [6.07, 6.45) is 3.69. The van der Waals surface area contributed by atoms with Gasteiger partial charge in [0.15, 0.2) is 0 Å². The first-order chi connectivity index (χ1) is 16.2. The minimum absolute atomic E-state index is 0.164. The van der Waals surface area contributed by atoms with Gasteiger partial charge in [-0.15, -0.1) is 0 Å². The van der Waals surface area contributed by atoms with Crippen LogP contribution in [0.5, 0.6) is 0 Å². The van der Waals surface area contributed by atoms with Gasteiger partial charge in [-0.3, -0.25) is 9.69 Å². The molecule has 1 atom stereocenters. The van der Waals surface area contributed by atoms with Crippen molar-refractivity contribution in [2.75, 3.05) is 24.5 Å². The van der Waals surface area contributed by atoms with Gasteiger partial charge in [0.2, 0.25) is 5.91 Å². The van der Waals surface area contributed by atoms with Crippen LogP contribution in [0.4, 0.5) is 11.4 Å². The average molecular weight is 437 g/mol. The number of carbonyl (C=O) groups is 1. The van der Waals surface area contributed by atoms with Crippen LogP contribution in [0.1, 0.15) is 49.7 Å². The fraction of sp³-hybridized carbons (Fsp3) is 0.300. The first-order valence-corrected chi connectivity index (χ1v) is 12.2. The summed E-state index contributed by atoms with van der Waals surface area (Å²) in [6.45, 7) is 5.60. The second-order valence-electron chi connectivity index (χ2n) is 9.20. The van der Waals surface area contributed by atoms with Crippen molar-refractivity contribution in [2.24, 2.45) is 0 Å². The molecule has 168 valence electrons. The smallest absolute Gasteiger partial charge is 0.231 e. The number of hydrogen-bond donors (Lipinski definition) is 0. The SMILES string of the molecule is CC1=C2CCN(CCCCC(=O)N(c3ccccc3)c3ccccc3)CC2c2ccccc21. The third-order valence-corrected chi connectivity index (χ3v) is 7.17. The molecule has 1 heterocycles. The number of para-hydroxylation sites is 2. The Bertz CT molecular complexity index is 1100. The van der Waals surface area contributed by atoms with Crippen molar-refractivity contribution in [1.29, 1.82) is 0 Å². The number of carbonyl (C=O) groups excluding carboxylic acids is 1. The Morgan fingerprint density at radius 3 is 2.21 bits per heavy atom. The van der Waals surface area contributed by atoms with Crippen LogP contribution < -0.4 is 4.90 Å². The lowest BCUT2D eigenvalue weighted by molar-refractivity contribution is -0.118. The normalized spacial score (nSPS) is 17.5.